The zero-order valence-corrected chi connectivity index (χ0v) is 14.5. The summed E-state index contributed by atoms with van der Waals surface area (Å²) < 4.78 is 27.9. The number of aliphatic hydroxyl groups is 1. The van der Waals surface area contributed by atoms with Gasteiger partial charge in [-0.1, -0.05) is 36.4 Å². The van der Waals surface area contributed by atoms with Gasteiger partial charge >= 0.3 is 0 Å². The summed E-state index contributed by atoms with van der Waals surface area (Å²) in [6.45, 7) is 2.76. The molecule has 1 fully saturated rings. The molecule has 0 amide bonds. The highest BCUT2D eigenvalue weighted by Crippen LogP contribution is 2.36. The highest BCUT2D eigenvalue weighted by atomic mass is 19.1. The van der Waals surface area contributed by atoms with E-state index in [1.807, 2.05) is 41.3 Å². The van der Waals surface area contributed by atoms with Crippen molar-refractivity contribution in [2.75, 3.05) is 26.2 Å². The first-order valence-corrected chi connectivity index (χ1v) is 8.99. The summed E-state index contributed by atoms with van der Waals surface area (Å²) in [6.07, 6.45) is 2.55. The van der Waals surface area contributed by atoms with E-state index in [0.29, 0.717) is 18.7 Å². The topological polar surface area (TPSA) is 26.7 Å². The van der Waals surface area contributed by atoms with Crippen molar-refractivity contribution in [1.82, 2.24) is 9.80 Å². The molecule has 1 unspecified atom stereocenters. The zero-order chi connectivity index (χ0) is 18.1. The van der Waals surface area contributed by atoms with Gasteiger partial charge in [-0.3, -0.25) is 9.80 Å². The fourth-order valence-corrected chi connectivity index (χ4v) is 3.68. The number of β-amino-alcohol motifs (C(OH)–C–C–N with tert-alkyl or cyclic N) is 1. The molecule has 2 aromatic carbocycles. The molecule has 0 spiro atoms. The lowest BCUT2D eigenvalue weighted by Crippen LogP contribution is -2.50. The number of nitrogens with zero attached hydrogens (tertiary/aromatic N) is 2. The minimum absolute atomic E-state index is 0.0650. The average Bonchev–Trinajstić information content (AvgIpc) is 2.99. The van der Waals surface area contributed by atoms with Gasteiger partial charge in [-0.05, 0) is 35.8 Å². The molecular formula is C21H22F2N2O. The third-order valence-corrected chi connectivity index (χ3v) is 5.25. The van der Waals surface area contributed by atoms with Crippen LogP contribution in [0.2, 0.25) is 0 Å². The minimum Gasteiger partial charge on any atom is -0.377 e. The Kier molecular flexibility index (Phi) is 4.85. The molecule has 0 aromatic heterocycles. The summed E-state index contributed by atoms with van der Waals surface area (Å²) in [5.41, 5.74) is 2.13. The molecule has 2 aromatic rings. The van der Waals surface area contributed by atoms with Gasteiger partial charge < -0.3 is 5.11 Å². The quantitative estimate of drug-likeness (QED) is 0.889. The molecular weight excluding hydrogens is 334 g/mol. The standard InChI is InChI=1S/C21H22F2N2O/c22-17-7-8-19(23)18(12-17)16-11-20(15-5-2-1-3-6-15)25(13-16)14-21(26)24-9-4-10-24/h1-3,5-8,11-12,20-21,26H,4,9-10,13-14H2/t20-,21?/m0/s1. The van der Waals surface area contributed by atoms with Crippen LogP contribution in [0, 0.1) is 11.6 Å². The first-order valence-electron chi connectivity index (χ1n) is 8.99. The van der Waals surface area contributed by atoms with E-state index in [4.69, 9.17) is 0 Å². The van der Waals surface area contributed by atoms with Crippen molar-refractivity contribution in [3.05, 3.63) is 77.4 Å². The molecule has 2 atom stereocenters. The third-order valence-electron chi connectivity index (χ3n) is 5.25. The van der Waals surface area contributed by atoms with Crippen LogP contribution in [0.4, 0.5) is 8.78 Å². The molecule has 1 saturated heterocycles. The van der Waals surface area contributed by atoms with E-state index in [1.165, 1.54) is 12.1 Å². The normalized spacial score (nSPS) is 22.1. The maximum atomic E-state index is 14.2. The number of likely N-dealkylation sites (tertiary alicyclic amines) is 1. The smallest absolute Gasteiger partial charge is 0.130 e. The van der Waals surface area contributed by atoms with Crippen LogP contribution in [0.1, 0.15) is 23.6 Å². The van der Waals surface area contributed by atoms with Crippen molar-refractivity contribution >= 4 is 5.57 Å². The number of aliphatic hydroxyl groups excluding tert-OH is 1. The van der Waals surface area contributed by atoms with Gasteiger partial charge in [-0.15, -0.1) is 0 Å². The van der Waals surface area contributed by atoms with E-state index in [9.17, 15) is 13.9 Å². The molecule has 0 radical (unpaired) electrons. The van der Waals surface area contributed by atoms with Crippen LogP contribution >= 0.6 is 0 Å². The molecule has 2 aliphatic rings. The SMILES string of the molecule is OC(CN1CC(c2cc(F)ccc2F)=C[C@H]1c1ccccc1)N1CCC1. The summed E-state index contributed by atoms with van der Waals surface area (Å²) in [5, 5.41) is 10.5. The lowest BCUT2D eigenvalue weighted by Gasteiger charge is -2.38. The minimum atomic E-state index is -0.542. The molecule has 2 heterocycles. The van der Waals surface area contributed by atoms with Gasteiger partial charge in [0.25, 0.3) is 0 Å². The highest BCUT2D eigenvalue weighted by Gasteiger charge is 2.32. The molecule has 3 nitrogen and oxygen atoms in total. The van der Waals surface area contributed by atoms with Crippen molar-refractivity contribution in [3.8, 4) is 0 Å². The fraction of sp³-hybridized carbons (Fsp3) is 0.333. The summed E-state index contributed by atoms with van der Waals surface area (Å²) in [5.74, 6) is -0.868. The van der Waals surface area contributed by atoms with Gasteiger partial charge in [0.15, 0.2) is 0 Å². The lowest BCUT2D eigenvalue weighted by atomic mass is 10.0. The predicted octanol–water partition coefficient (Wildman–Crippen LogP) is 3.43. The van der Waals surface area contributed by atoms with Crippen molar-refractivity contribution in [3.63, 3.8) is 0 Å². The van der Waals surface area contributed by atoms with E-state index in [-0.39, 0.29) is 6.04 Å². The summed E-state index contributed by atoms with van der Waals surface area (Å²) in [7, 11) is 0. The molecule has 26 heavy (non-hydrogen) atoms. The van der Waals surface area contributed by atoms with Crippen molar-refractivity contribution in [1.29, 1.82) is 0 Å². The molecule has 0 bridgehead atoms. The third kappa shape index (κ3) is 3.43. The van der Waals surface area contributed by atoms with E-state index in [1.54, 1.807) is 0 Å². The summed E-state index contributed by atoms with van der Waals surface area (Å²) in [6, 6.07) is 13.4. The Morgan fingerprint density at radius 2 is 1.85 bits per heavy atom. The number of hydrogen-bond donors (Lipinski definition) is 1. The fourth-order valence-electron chi connectivity index (χ4n) is 3.68. The number of halogens is 2. The van der Waals surface area contributed by atoms with Gasteiger partial charge in [-0.2, -0.15) is 0 Å². The number of hydrogen-bond acceptors (Lipinski definition) is 3. The Labute approximate surface area is 152 Å². The van der Waals surface area contributed by atoms with Gasteiger partial charge in [-0.25, -0.2) is 8.78 Å². The molecule has 1 N–H and O–H groups in total. The maximum absolute atomic E-state index is 14.2. The Morgan fingerprint density at radius 3 is 2.54 bits per heavy atom. The second-order valence-electron chi connectivity index (χ2n) is 6.97. The molecule has 0 saturated carbocycles. The highest BCUT2D eigenvalue weighted by molar-refractivity contribution is 5.70. The Bertz CT molecular complexity index is 805. The van der Waals surface area contributed by atoms with Crippen LogP contribution in [0.15, 0.2) is 54.6 Å². The van der Waals surface area contributed by atoms with Crippen LogP contribution in [0.5, 0.6) is 0 Å². The molecule has 4 rings (SSSR count). The largest absolute Gasteiger partial charge is 0.377 e. The van der Waals surface area contributed by atoms with Gasteiger partial charge in [0.05, 0.1) is 6.04 Å². The molecule has 2 aliphatic heterocycles. The van der Waals surface area contributed by atoms with E-state index in [0.717, 1.165) is 36.7 Å². The van der Waals surface area contributed by atoms with Gasteiger partial charge in [0.2, 0.25) is 0 Å². The first-order chi connectivity index (χ1) is 12.6. The maximum Gasteiger partial charge on any atom is 0.130 e. The van der Waals surface area contributed by atoms with Crippen molar-refractivity contribution < 1.29 is 13.9 Å². The monoisotopic (exact) mass is 356 g/mol. The second-order valence-corrected chi connectivity index (χ2v) is 6.97. The van der Waals surface area contributed by atoms with E-state index in [2.05, 4.69) is 4.90 Å². The molecule has 136 valence electrons. The van der Waals surface area contributed by atoms with Crippen molar-refractivity contribution in [2.24, 2.45) is 0 Å². The van der Waals surface area contributed by atoms with Crippen LogP contribution < -0.4 is 0 Å². The van der Waals surface area contributed by atoms with Gasteiger partial charge in [0, 0.05) is 31.7 Å². The molecule has 5 heteroatoms. The Hall–Kier alpha value is -2.08. The number of benzene rings is 2. The lowest BCUT2D eigenvalue weighted by molar-refractivity contribution is -0.0537. The Balaban J connectivity index is 1.63. The Morgan fingerprint density at radius 1 is 1.08 bits per heavy atom. The number of rotatable bonds is 5. The zero-order valence-electron chi connectivity index (χ0n) is 14.5. The van der Waals surface area contributed by atoms with Crippen LogP contribution in [-0.2, 0) is 0 Å². The average molecular weight is 356 g/mol. The molecule has 0 aliphatic carbocycles. The summed E-state index contributed by atoms with van der Waals surface area (Å²) >= 11 is 0. The van der Waals surface area contributed by atoms with Crippen molar-refractivity contribution in [2.45, 2.75) is 18.7 Å². The first kappa shape index (κ1) is 17.3. The van der Waals surface area contributed by atoms with E-state index < -0.39 is 17.9 Å². The van der Waals surface area contributed by atoms with Gasteiger partial charge in [0.1, 0.15) is 17.9 Å². The summed E-state index contributed by atoms with van der Waals surface area (Å²) in [4.78, 5) is 4.15. The van der Waals surface area contributed by atoms with E-state index >= 15 is 0 Å². The van der Waals surface area contributed by atoms with Crippen LogP contribution in [0.3, 0.4) is 0 Å². The van der Waals surface area contributed by atoms with Crippen LogP contribution in [-0.4, -0.2) is 47.3 Å². The van der Waals surface area contributed by atoms with Crippen LogP contribution in [0.25, 0.3) is 5.57 Å². The second kappa shape index (κ2) is 7.27. The predicted molar refractivity (Wildman–Crippen MR) is 97.3 cm³/mol.